The Morgan fingerprint density at radius 1 is 0.926 bits per heavy atom. The Hall–Kier alpha value is -3.60. The average Bonchev–Trinajstić information content (AvgIpc) is 2.99. The fraction of sp³-hybridized carbons (Fsp3) is 0.0909. The number of amides is 3. The van der Waals surface area contributed by atoms with E-state index in [4.69, 9.17) is 4.74 Å². The number of rotatable bonds is 4. The summed E-state index contributed by atoms with van der Waals surface area (Å²) in [7, 11) is 0. The van der Waals surface area contributed by atoms with Crippen LogP contribution in [0.25, 0.3) is 16.8 Å². The Balaban J connectivity index is 1.73. The van der Waals surface area contributed by atoms with E-state index in [1.165, 1.54) is 5.56 Å². The van der Waals surface area contributed by atoms with Crippen LogP contribution in [0.5, 0.6) is 5.75 Å². The summed E-state index contributed by atoms with van der Waals surface area (Å²) in [6, 6.07) is 19.3. The molecule has 1 fully saturated rings. The van der Waals surface area contributed by atoms with Gasteiger partial charge in [0.15, 0.2) is 0 Å². The van der Waals surface area contributed by atoms with Gasteiger partial charge >= 0.3 is 6.03 Å². The third-order valence-electron chi connectivity index (χ3n) is 4.45. The molecule has 0 aliphatic carbocycles. The lowest BCUT2D eigenvalue weighted by molar-refractivity contribution is -0.115. The van der Waals surface area contributed by atoms with E-state index in [1.807, 2.05) is 67.6 Å². The van der Waals surface area contributed by atoms with E-state index in [9.17, 15) is 9.59 Å². The van der Waals surface area contributed by atoms with Crippen molar-refractivity contribution in [2.75, 3.05) is 0 Å². The minimum Gasteiger partial charge on any atom is -0.488 e. The number of fused-ring (bicyclic) bond motifs is 1. The monoisotopic (exact) mass is 358 g/mol. The highest BCUT2D eigenvalue weighted by molar-refractivity contribution is 6.14. The predicted molar refractivity (Wildman–Crippen MR) is 104 cm³/mol. The number of aryl methyl sites for hydroxylation is 1. The Morgan fingerprint density at radius 2 is 1.70 bits per heavy atom. The molecule has 5 nitrogen and oxygen atoms in total. The Kier molecular flexibility index (Phi) is 4.34. The molecule has 27 heavy (non-hydrogen) atoms. The molecule has 1 aliphatic heterocycles. The van der Waals surface area contributed by atoms with Crippen LogP contribution in [0.15, 0.2) is 66.4 Å². The number of benzene rings is 3. The van der Waals surface area contributed by atoms with E-state index in [-0.39, 0.29) is 5.70 Å². The molecule has 0 bridgehead atoms. The quantitative estimate of drug-likeness (QED) is 0.549. The second-order valence-electron chi connectivity index (χ2n) is 6.44. The van der Waals surface area contributed by atoms with E-state index in [1.54, 1.807) is 6.08 Å². The summed E-state index contributed by atoms with van der Waals surface area (Å²) in [4.78, 5) is 23.4. The van der Waals surface area contributed by atoms with Gasteiger partial charge in [-0.15, -0.1) is 0 Å². The van der Waals surface area contributed by atoms with E-state index < -0.39 is 11.9 Å². The zero-order valence-corrected chi connectivity index (χ0v) is 14.8. The first-order valence-electron chi connectivity index (χ1n) is 8.64. The molecule has 3 aromatic carbocycles. The van der Waals surface area contributed by atoms with Gasteiger partial charge in [-0.3, -0.25) is 10.1 Å². The molecule has 5 heteroatoms. The molecular formula is C22H18N2O3. The van der Waals surface area contributed by atoms with Crippen LogP contribution in [-0.2, 0) is 11.4 Å². The molecule has 0 atom stereocenters. The van der Waals surface area contributed by atoms with Gasteiger partial charge in [0.25, 0.3) is 5.91 Å². The van der Waals surface area contributed by atoms with Gasteiger partial charge < -0.3 is 10.1 Å². The predicted octanol–water partition coefficient (Wildman–Crippen LogP) is 3.91. The molecule has 134 valence electrons. The van der Waals surface area contributed by atoms with E-state index in [0.29, 0.717) is 12.4 Å². The largest absolute Gasteiger partial charge is 0.488 e. The van der Waals surface area contributed by atoms with Crippen molar-refractivity contribution < 1.29 is 14.3 Å². The van der Waals surface area contributed by atoms with Crippen molar-refractivity contribution in [3.05, 3.63) is 83.1 Å². The number of imide groups is 1. The van der Waals surface area contributed by atoms with E-state index in [0.717, 1.165) is 21.9 Å². The fourth-order valence-corrected chi connectivity index (χ4v) is 3.02. The van der Waals surface area contributed by atoms with Gasteiger partial charge in [-0.05, 0) is 35.4 Å². The molecule has 1 heterocycles. The van der Waals surface area contributed by atoms with Crippen LogP contribution in [0.2, 0.25) is 0 Å². The number of carbonyl (C=O) groups excluding carboxylic acids is 2. The lowest BCUT2D eigenvalue weighted by Gasteiger charge is -2.13. The van der Waals surface area contributed by atoms with Crippen molar-refractivity contribution >= 4 is 28.8 Å². The number of urea groups is 1. The highest BCUT2D eigenvalue weighted by Gasteiger charge is 2.23. The summed E-state index contributed by atoms with van der Waals surface area (Å²) in [5.41, 5.74) is 3.21. The first kappa shape index (κ1) is 16.8. The van der Waals surface area contributed by atoms with Crippen LogP contribution in [0.4, 0.5) is 4.79 Å². The fourth-order valence-electron chi connectivity index (χ4n) is 3.02. The number of carbonyl (C=O) groups is 2. The maximum atomic E-state index is 11.9. The number of hydrogen-bond acceptors (Lipinski definition) is 3. The standard InChI is InChI=1S/C22H18N2O3/c1-14-6-8-15(9-7-14)13-27-20-11-10-16-4-2-3-5-17(16)18(20)12-19-21(25)24-22(26)23-19/h2-12H,13H2,1H3,(H2,23,24,25,26)/b19-12+. The van der Waals surface area contributed by atoms with Crippen molar-refractivity contribution in [1.82, 2.24) is 10.6 Å². The van der Waals surface area contributed by atoms with Crippen LogP contribution in [0.1, 0.15) is 16.7 Å². The van der Waals surface area contributed by atoms with Crippen molar-refractivity contribution in [1.29, 1.82) is 0 Å². The van der Waals surface area contributed by atoms with Crippen LogP contribution < -0.4 is 15.4 Å². The van der Waals surface area contributed by atoms with Crippen LogP contribution in [0, 0.1) is 6.92 Å². The molecule has 0 saturated carbocycles. The Labute approximate surface area is 156 Å². The normalized spacial score (nSPS) is 15.1. The van der Waals surface area contributed by atoms with Gasteiger partial charge in [-0.2, -0.15) is 0 Å². The summed E-state index contributed by atoms with van der Waals surface area (Å²) < 4.78 is 6.05. The maximum Gasteiger partial charge on any atom is 0.326 e. The molecule has 3 amide bonds. The average molecular weight is 358 g/mol. The van der Waals surface area contributed by atoms with Gasteiger partial charge in [0.1, 0.15) is 18.1 Å². The highest BCUT2D eigenvalue weighted by Crippen LogP contribution is 2.31. The first-order chi connectivity index (χ1) is 13.1. The first-order valence-corrected chi connectivity index (χ1v) is 8.64. The smallest absolute Gasteiger partial charge is 0.326 e. The minimum atomic E-state index is -0.520. The number of nitrogens with one attached hydrogen (secondary N) is 2. The topological polar surface area (TPSA) is 67.4 Å². The van der Waals surface area contributed by atoms with Gasteiger partial charge in [-0.1, -0.05) is 60.2 Å². The summed E-state index contributed by atoms with van der Waals surface area (Å²) in [5.74, 6) is 0.202. The summed E-state index contributed by atoms with van der Waals surface area (Å²) in [6.45, 7) is 2.45. The second kappa shape index (κ2) is 6.96. The molecule has 0 unspecified atom stereocenters. The second-order valence-corrected chi connectivity index (χ2v) is 6.44. The van der Waals surface area contributed by atoms with E-state index in [2.05, 4.69) is 10.6 Å². The molecular weight excluding hydrogens is 340 g/mol. The van der Waals surface area contributed by atoms with Gasteiger partial charge in [0, 0.05) is 5.56 Å². The molecule has 3 aromatic rings. The molecule has 0 aromatic heterocycles. The third-order valence-corrected chi connectivity index (χ3v) is 4.45. The molecule has 2 N–H and O–H groups in total. The maximum absolute atomic E-state index is 11.9. The molecule has 0 radical (unpaired) electrons. The van der Waals surface area contributed by atoms with Gasteiger partial charge in [0.2, 0.25) is 0 Å². The minimum absolute atomic E-state index is 0.205. The Bertz CT molecular complexity index is 1070. The zero-order chi connectivity index (χ0) is 18.8. The highest BCUT2D eigenvalue weighted by atomic mass is 16.5. The van der Waals surface area contributed by atoms with Crippen LogP contribution >= 0.6 is 0 Å². The van der Waals surface area contributed by atoms with Gasteiger partial charge in [0.05, 0.1) is 0 Å². The molecule has 4 rings (SSSR count). The molecule has 0 spiro atoms. The lowest BCUT2D eigenvalue weighted by atomic mass is 10.0. The molecule has 1 aliphatic rings. The van der Waals surface area contributed by atoms with Crippen molar-refractivity contribution in [3.63, 3.8) is 0 Å². The van der Waals surface area contributed by atoms with Crippen molar-refractivity contribution in [2.45, 2.75) is 13.5 Å². The number of hydrogen-bond donors (Lipinski definition) is 2. The summed E-state index contributed by atoms with van der Waals surface area (Å²) in [5, 5.41) is 6.72. The SMILES string of the molecule is Cc1ccc(COc2ccc3ccccc3c2/C=C2/NC(=O)NC2=O)cc1. The third kappa shape index (κ3) is 3.53. The van der Waals surface area contributed by atoms with Crippen LogP contribution in [0.3, 0.4) is 0 Å². The van der Waals surface area contributed by atoms with Crippen molar-refractivity contribution in [2.24, 2.45) is 0 Å². The lowest BCUT2D eigenvalue weighted by Crippen LogP contribution is -2.22. The number of ether oxygens (including phenoxy) is 1. The van der Waals surface area contributed by atoms with Crippen molar-refractivity contribution in [3.8, 4) is 5.75 Å². The Morgan fingerprint density at radius 3 is 2.44 bits per heavy atom. The van der Waals surface area contributed by atoms with Gasteiger partial charge in [-0.25, -0.2) is 4.79 Å². The summed E-state index contributed by atoms with van der Waals surface area (Å²) in [6.07, 6.45) is 1.66. The van der Waals surface area contributed by atoms with Crippen LogP contribution in [-0.4, -0.2) is 11.9 Å². The summed E-state index contributed by atoms with van der Waals surface area (Å²) >= 11 is 0. The molecule has 1 saturated heterocycles. The van der Waals surface area contributed by atoms with E-state index >= 15 is 0 Å². The zero-order valence-electron chi connectivity index (χ0n) is 14.8.